The van der Waals surface area contributed by atoms with Crippen molar-refractivity contribution in [2.24, 2.45) is 23.7 Å². The first-order chi connectivity index (χ1) is 26.9. The van der Waals surface area contributed by atoms with Crippen molar-refractivity contribution in [2.45, 2.75) is 215 Å². The molecule has 3 spiro atoms. The Labute approximate surface area is 338 Å². The minimum atomic E-state index is -1.96. The maximum absolute atomic E-state index is 11.6. The molecule has 0 bridgehead atoms. The molecule has 0 aliphatic carbocycles. The molecule has 5 N–H and O–H groups in total. The third-order valence-corrected chi connectivity index (χ3v) is 14.4. The van der Waals surface area contributed by atoms with E-state index in [4.69, 9.17) is 33.2 Å². The van der Waals surface area contributed by atoms with E-state index < -0.39 is 65.6 Å². The Hall–Kier alpha value is -1.49. The molecule has 0 radical (unpaired) electrons. The van der Waals surface area contributed by atoms with Gasteiger partial charge in [-0.15, -0.1) is 0 Å². The van der Waals surface area contributed by atoms with Crippen LogP contribution < -0.4 is 0 Å². The third-order valence-electron chi connectivity index (χ3n) is 14.4. The number of rotatable bonds is 10. The predicted octanol–water partition coefficient (Wildman–Crippen LogP) is 5.29. The largest absolute Gasteiger partial charge is 0.479 e. The average Bonchev–Trinajstić information content (AvgIpc) is 3.56. The Morgan fingerprint density at radius 2 is 1.70 bits per heavy atom. The monoisotopic (exact) mass is 806 g/mol. The fourth-order valence-corrected chi connectivity index (χ4v) is 10.8. The number of aliphatic carboxylic acids is 1. The maximum atomic E-state index is 11.6. The molecule has 13 heteroatoms. The summed E-state index contributed by atoms with van der Waals surface area (Å²) in [5.74, 6) is -4.02. The van der Waals surface area contributed by atoms with E-state index in [-0.39, 0.29) is 48.6 Å². The molecule has 0 amide bonds. The standard InChI is InChI=1S/C44H70O13/c1-25-21-34(55-44(23-25)35(46)12-11-31(54-44)24-41(6,50)40(48)49)26(2)9-10-30-14-18-43(53-30)19-15-33-39(57-43)36(47)29(5)38(52-33)32(45)22-28(4)37-27(3)13-17-42(56-37)16-7-8-20-51-42/h9-10,23,26-39,45-47,50H,7-8,11-22,24H2,1-6H3,(H,48,49)/b10-9+/t26-,27-,28+,29-,30+,31+,32+,33-,34-,35-,36-,37+,38+,39+,41-,42+,43+,44+/m1/s1. The van der Waals surface area contributed by atoms with Gasteiger partial charge >= 0.3 is 5.97 Å². The highest BCUT2D eigenvalue weighted by molar-refractivity contribution is 5.76. The van der Waals surface area contributed by atoms with Gasteiger partial charge in [0.05, 0.1) is 55.4 Å². The van der Waals surface area contributed by atoms with Crippen LogP contribution in [0.4, 0.5) is 0 Å². The second-order valence-electron chi connectivity index (χ2n) is 19.2. The summed E-state index contributed by atoms with van der Waals surface area (Å²) >= 11 is 0. The highest BCUT2D eigenvalue weighted by Crippen LogP contribution is 2.48. The lowest BCUT2D eigenvalue weighted by molar-refractivity contribution is -0.338. The number of carboxylic acids is 1. The Morgan fingerprint density at radius 1 is 0.947 bits per heavy atom. The van der Waals surface area contributed by atoms with Crippen LogP contribution in [0.2, 0.25) is 0 Å². The summed E-state index contributed by atoms with van der Waals surface area (Å²) < 4.78 is 45.5. The van der Waals surface area contributed by atoms with Gasteiger partial charge in [0, 0.05) is 43.9 Å². The summed E-state index contributed by atoms with van der Waals surface area (Å²) in [6.07, 6.45) is 10.4. The molecule has 7 rings (SSSR count). The number of aliphatic hydroxyl groups excluding tert-OH is 3. The van der Waals surface area contributed by atoms with Gasteiger partial charge < -0.3 is 58.7 Å². The highest BCUT2D eigenvalue weighted by atomic mass is 16.7. The summed E-state index contributed by atoms with van der Waals surface area (Å²) in [5.41, 5.74) is -0.958. The fraction of sp³-hybridized carbons (Fsp3) is 0.886. The van der Waals surface area contributed by atoms with E-state index in [1.54, 1.807) is 6.08 Å². The molecule has 13 nitrogen and oxygen atoms in total. The van der Waals surface area contributed by atoms with Gasteiger partial charge in [0.1, 0.15) is 12.2 Å². The lowest BCUT2D eigenvalue weighted by Gasteiger charge is -2.51. The molecule has 6 saturated heterocycles. The first-order valence-corrected chi connectivity index (χ1v) is 22.0. The van der Waals surface area contributed by atoms with E-state index in [0.717, 1.165) is 50.7 Å². The Balaban J connectivity index is 0.919. The van der Waals surface area contributed by atoms with Crippen molar-refractivity contribution in [2.75, 3.05) is 6.61 Å². The van der Waals surface area contributed by atoms with E-state index in [1.807, 2.05) is 19.9 Å². The molecule has 0 aromatic rings. The van der Waals surface area contributed by atoms with Crippen LogP contribution in [0.5, 0.6) is 0 Å². The molecule has 0 aromatic carbocycles. The van der Waals surface area contributed by atoms with Crippen LogP contribution in [0.15, 0.2) is 23.8 Å². The zero-order valence-corrected chi connectivity index (χ0v) is 34.9. The fourth-order valence-electron chi connectivity index (χ4n) is 10.8. The summed E-state index contributed by atoms with van der Waals surface area (Å²) in [4.78, 5) is 11.6. The van der Waals surface area contributed by atoms with E-state index in [2.05, 4.69) is 26.8 Å². The number of hydrogen-bond acceptors (Lipinski definition) is 12. The van der Waals surface area contributed by atoms with Gasteiger partial charge in [0.2, 0.25) is 5.79 Å². The Kier molecular flexibility index (Phi) is 13.1. The topological polar surface area (TPSA) is 183 Å². The van der Waals surface area contributed by atoms with E-state index in [0.29, 0.717) is 50.9 Å². The molecular formula is C44H70O13. The van der Waals surface area contributed by atoms with Crippen molar-refractivity contribution in [3.8, 4) is 0 Å². The van der Waals surface area contributed by atoms with Crippen molar-refractivity contribution < 1.29 is 63.5 Å². The number of carboxylic acid groups (broad SMARTS) is 1. The third kappa shape index (κ3) is 9.24. The SMILES string of the molecule is CC1=C[C@]2(O[C@H](C[C@@](C)(O)C(=O)O)CC[C@H]2O)O[C@@H]([C@H](C)/C=C/[C@H]2CC[C@]3(CC[C@H]4O[C@H]([C@@H](O)C[C@H](C)[C@H]5O[C@@]6(CCCCO6)CC[C@H]5C)[C@H](C)[C@@H](O)[C@H]4O3)O2)C1. The van der Waals surface area contributed by atoms with Crippen LogP contribution in [-0.2, 0) is 38.0 Å². The smallest absolute Gasteiger partial charge is 0.335 e. The van der Waals surface area contributed by atoms with Crippen molar-refractivity contribution in [1.29, 1.82) is 0 Å². The summed E-state index contributed by atoms with van der Waals surface area (Å²) in [6.45, 7) is 12.3. The molecule has 57 heavy (non-hydrogen) atoms. The van der Waals surface area contributed by atoms with E-state index >= 15 is 0 Å². The molecule has 0 aromatic heterocycles. The van der Waals surface area contributed by atoms with Gasteiger partial charge in [-0.2, -0.15) is 0 Å². The second kappa shape index (κ2) is 17.1. The lowest BCUT2D eigenvalue weighted by Crippen LogP contribution is -2.62. The number of fused-ring (bicyclic) bond motifs is 1. The van der Waals surface area contributed by atoms with Crippen molar-refractivity contribution in [3.05, 3.63) is 23.8 Å². The Morgan fingerprint density at radius 3 is 2.44 bits per heavy atom. The molecule has 18 atom stereocenters. The van der Waals surface area contributed by atoms with Crippen molar-refractivity contribution in [3.63, 3.8) is 0 Å². The van der Waals surface area contributed by atoms with Crippen molar-refractivity contribution >= 4 is 5.97 Å². The normalized spacial score (nSPS) is 46.7. The van der Waals surface area contributed by atoms with Crippen LogP contribution in [0.3, 0.4) is 0 Å². The summed E-state index contributed by atoms with van der Waals surface area (Å²) in [6, 6.07) is 0. The molecular weight excluding hydrogens is 736 g/mol. The maximum Gasteiger partial charge on any atom is 0.335 e. The second-order valence-corrected chi connectivity index (χ2v) is 19.2. The van der Waals surface area contributed by atoms with Crippen LogP contribution in [0, 0.1) is 23.7 Å². The molecule has 6 fully saturated rings. The van der Waals surface area contributed by atoms with Gasteiger partial charge in [-0.3, -0.25) is 0 Å². The van der Waals surface area contributed by atoms with Gasteiger partial charge in [-0.05, 0) is 89.5 Å². The summed E-state index contributed by atoms with van der Waals surface area (Å²) in [7, 11) is 0. The van der Waals surface area contributed by atoms with Gasteiger partial charge in [-0.1, -0.05) is 45.4 Å². The highest BCUT2D eigenvalue weighted by Gasteiger charge is 2.55. The molecule has 7 aliphatic heterocycles. The van der Waals surface area contributed by atoms with Crippen LogP contribution in [-0.4, -0.2) is 122 Å². The number of carbonyl (C=O) groups is 1. The Bertz CT molecular complexity index is 1460. The number of ether oxygens (including phenoxy) is 7. The van der Waals surface area contributed by atoms with E-state index in [9.17, 15) is 30.3 Å². The van der Waals surface area contributed by atoms with Crippen LogP contribution in [0.25, 0.3) is 0 Å². The molecule has 0 saturated carbocycles. The molecule has 324 valence electrons. The van der Waals surface area contributed by atoms with Gasteiger partial charge in [-0.25, -0.2) is 4.79 Å². The zero-order chi connectivity index (χ0) is 40.9. The minimum absolute atomic E-state index is 0.0127. The van der Waals surface area contributed by atoms with E-state index in [1.165, 1.54) is 6.92 Å². The first kappa shape index (κ1) is 43.6. The predicted molar refractivity (Wildman–Crippen MR) is 208 cm³/mol. The van der Waals surface area contributed by atoms with Crippen molar-refractivity contribution in [1.82, 2.24) is 0 Å². The molecule has 7 heterocycles. The lowest BCUT2D eigenvalue weighted by atomic mass is 9.78. The molecule has 0 unspecified atom stereocenters. The average molecular weight is 807 g/mol. The molecule has 7 aliphatic rings. The van der Waals surface area contributed by atoms with Gasteiger partial charge in [0.15, 0.2) is 17.2 Å². The minimum Gasteiger partial charge on any atom is -0.479 e. The summed E-state index contributed by atoms with van der Waals surface area (Å²) in [5, 5.41) is 54.2. The van der Waals surface area contributed by atoms with Crippen LogP contribution >= 0.6 is 0 Å². The number of hydrogen-bond donors (Lipinski definition) is 5. The number of aliphatic hydroxyl groups is 4. The van der Waals surface area contributed by atoms with Crippen LogP contribution in [0.1, 0.15) is 131 Å². The first-order valence-electron chi connectivity index (χ1n) is 22.0. The zero-order valence-electron chi connectivity index (χ0n) is 34.9. The van der Waals surface area contributed by atoms with Gasteiger partial charge in [0.25, 0.3) is 0 Å². The quantitative estimate of drug-likeness (QED) is 0.180.